The predicted molar refractivity (Wildman–Crippen MR) is 102 cm³/mol. The van der Waals surface area contributed by atoms with Crippen LogP contribution in [0.25, 0.3) is 10.8 Å². The average molecular weight is 340 g/mol. The highest BCUT2D eigenvalue weighted by molar-refractivity contribution is 5.96. The molecular formula is C21H28N2O2. The van der Waals surface area contributed by atoms with E-state index in [1.165, 1.54) is 32.1 Å². The second kappa shape index (κ2) is 7.42. The van der Waals surface area contributed by atoms with Gasteiger partial charge in [0, 0.05) is 18.0 Å². The third kappa shape index (κ3) is 3.78. The van der Waals surface area contributed by atoms with Crippen molar-refractivity contribution < 1.29 is 4.79 Å². The van der Waals surface area contributed by atoms with Crippen molar-refractivity contribution in [3.63, 3.8) is 0 Å². The molecule has 0 atom stereocenters. The number of nitrogens with one attached hydrogen (secondary N) is 1. The van der Waals surface area contributed by atoms with Gasteiger partial charge in [0.25, 0.3) is 11.5 Å². The first kappa shape index (κ1) is 17.7. The zero-order valence-electron chi connectivity index (χ0n) is 15.5. The number of benzene rings is 1. The topological polar surface area (TPSA) is 51.1 Å². The Bertz CT molecular complexity index is 830. The zero-order chi connectivity index (χ0) is 18.0. The molecule has 0 aliphatic heterocycles. The predicted octanol–water partition coefficient (Wildman–Crippen LogP) is 4.20. The molecule has 4 nitrogen and oxygen atoms in total. The molecule has 25 heavy (non-hydrogen) atoms. The normalized spacial score (nSPS) is 15.7. The molecule has 1 saturated carbocycles. The number of carbonyl (C=O) groups excluding carboxylic acids is 1. The molecule has 1 heterocycles. The van der Waals surface area contributed by atoms with E-state index >= 15 is 0 Å². The smallest absolute Gasteiger partial charge is 0.268 e. The molecular weight excluding hydrogens is 312 g/mol. The highest BCUT2D eigenvalue weighted by Crippen LogP contribution is 2.23. The maximum atomic E-state index is 12.9. The fourth-order valence-corrected chi connectivity index (χ4v) is 3.84. The van der Waals surface area contributed by atoms with Gasteiger partial charge in [0.2, 0.25) is 0 Å². The molecule has 1 aromatic heterocycles. The Morgan fingerprint density at radius 3 is 2.60 bits per heavy atom. The van der Waals surface area contributed by atoms with Gasteiger partial charge >= 0.3 is 0 Å². The third-order valence-electron chi connectivity index (χ3n) is 5.23. The summed E-state index contributed by atoms with van der Waals surface area (Å²) in [6.07, 6.45) is 6.20. The molecule has 1 aliphatic carbocycles. The molecule has 1 fully saturated rings. The Morgan fingerprint density at radius 1 is 1.20 bits per heavy atom. The summed E-state index contributed by atoms with van der Waals surface area (Å²) in [7, 11) is 0. The monoisotopic (exact) mass is 340 g/mol. The Morgan fingerprint density at radius 2 is 1.92 bits per heavy atom. The molecule has 134 valence electrons. The number of fused-ring (bicyclic) bond motifs is 1. The van der Waals surface area contributed by atoms with Crippen LogP contribution < -0.4 is 10.9 Å². The lowest BCUT2D eigenvalue weighted by molar-refractivity contribution is 0.0931. The van der Waals surface area contributed by atoms with Crippen LogP contribution in [0, 0.1) is 12.8 Å². The lowest BCUT2D eigenvalue weighted by atomic mass is 9.89. The van der Waals surface area contributed by atoms with Crippen LogP contribution in [0.5, 0.6) is 0 Å². The first-order valence-electron chi connectivity index (χ1n) is 9.41. The maximum Gasteiger partial charge on any atom is 0.268 e. The maximum absolute atomic E-state index is 12.9. The second-order valence-corrected chi connectivity index (χ2v) is 7.60. The van der Waals surface area contributed by atoms with Crippen molar-refractivity contribution in [2.24, 2.45) is 5.92 Å². The highest BCUT2D eigenvalue weighted by atomic mass is 16.2. The van der Waals surface area contributed by atoms with Gasteiger partial charge in [-0.25, -0.2) is 0 Å². The third-order valence-corrected chi connectivity index (χ3v) is 5.23. The summed E-state index contributed by atoms with van der Waals surface area (Å²) in [5.41, 5.74) is 1.43. The van der Waals surface area contributed by atoms with E-state index in [0.29, 0.717) is 23.5 Å². The summed E-state index contributed by atoms with van der Waals surface area (Å²) in [6, 6.07) is 7.60. The number of aromatic nitrogens is 1. The number of pyridine rings is 1. The number of aryl methyl sites for hydroxylation is 1. The van der Waals surface area contributed by atoms with Gasteiger partial charge in [0.05, 0.1) is 0 Å². The fourth-order valence-electron chi connectivity index (χ4n) is 3.84. The van der Waals surface area contributed by atoms with Crippen LogP contribution in [0.3, 0.4) is 0 Å². The van der Waals surface area contributed by atoms with Gasteiger partial charge in [0.1, 0.15) is 5.69 Å². The first-order valence-corrected chi connectivity index (χ1v) is 9.41. The molecule has 0 saturated heterocycles. The van der Waals surface area contributed by atoms with Crippen LogP contribution >= 0.6 is 0 Å². The van der Waals surface area contributed by atoms with Crippen molar-refractivity contribution in [3.8, 4) is 0 Å². The molecule has 1 amide bonds. The van der Waals surface area contributed by atoms with Crippen LogP contribution in [0.1, 0.15) is 68.0 Å². The van der Waals surface area contributed by atoms with Crippen LogP contribution in [-0.4, -0.2) is 17.0 Å². The Labute approximate surface area is 149 Å². The van der Waals surface area contributed by atoms with Crippen LogP contribution in [0.4, 0.5) is 0 Å². The first-order chi connectivity index (χ1) is 12.0. The van der Waals surface area contributed by atoms with Crippen LogP contribution in [0.15, 0.2) is 29.1 Å². The minimum atomic E-state index is -0.140. The number of hydrogen-bond donors (Lipinski definition) is 1. The minimum Gasteiger partial charge on any atom is -0.350 e. The SMILES string of the molecule is Cc1ccc2cc(C(=O)NCC3CCCCC3)n(C(C)C)c(=O)c2c1. The van der Waals surface area contributed by atoms with Crippen molar-refractivity contribution in [2.45, 2.75) is 58.9 Å². The molecule has 3 rings (SSSR count). The van der Waals surface area contributed by atoms with Gasteiger partial charge in [-0.05, 0) is 57.0 Å². The summed E-state index contributed by atoms with van der Waals surface area (Å²) >= 11 is 0. The average Bonchev–Trinajstić information content (AvgIpc) is 2.60. The number of nitrogens with zero attached hydrogens (tertiary/aromatic N) is 1. The quantitative estimate of drug-likeness (QED) is 0.907. The number of amides is 1. The van der Waals surface area contributed by atoms with Gasteiger partial charge in [-0.2, -0.15) is 0 Å². The second-order valence-electron chi connectivity index (χ2n) is 7.60. The fraction of sp³-hybridized carbons (Fsp3) is 0.524. The van der Waals surface area contributed by atoms with Gasteiger partial charge in [-0.15, -0.1) is 0 Å². The van der Waals surface area contributed by atoms with E-state index in [4.69, 9.17) is 0 Å². The van der Waals surface area contributed by atoms with Gasteiger partial charge in [-0.3, -0.25) is 9.59 Å². The number of carbonyl (C=O) groups is 1. The molecule has 1 N–H and O–H groups in total. The summed E-state index contributed by atoms with van der Waals surface area (Å²) < 4.78 is 1.62. The van der Waals surface area contributed by atoms with E-state index in [1.807, 2.05) is 45.0 Å². The summed E-state index contributed by atoms with van der Waals surface area (Å²) in [4.78, 5) is 25.7. The summed E-state index contributed by atoms with van der Waals surface area (Å²) in [5, 5.41) is 4.58. The Kier molecular flexibility index (Phi) is 5.26. The lowest BCUT2D eigenvalue weighted by Crippen LogP contribution is -2.36. The van der Waals surface area contributed by atoms with Crippen molar-refractivity contribution in [1.82, 2.24) is 9.88 Å². The Hall–Kier alpha value is -2.10. The van der Waals surface area contributed by atoms with Gasteiger partial charge < -0.3 is 9.88 Å². The van der Waals surface area contributed by atoms with Gasteiger partial charge in [0.15, 0.2) is 0 Å². The molecule has 0 unspecified atom stereocenters. The summed E-state index contributed by atoms with van der Waals surface area (Å²) in [6.45, 7) is 6.57. The molecule has 4 heteroatoms. The minimum absolute atomic E-state index is 0.0622. The van der Waals surface area contributed by atoms with Crippen LogP contribution in [-0.2, 0) is 0 Å². The largest absolute Gasteiger partial charge is 0.350 e. The van der Waals surface area contributed by atoms with E-state index in [1.54, 1.807) is 4.57 Å². The molecule has 0 bridgehead atoms. The van der Waals surface area contributed by atoms with Crippen molar-refractivity contribution in [3.05, 3.63) is 45.9 Å². The molecule has 0 spiro atoms. The van der Waals surface area contributed by atoms with Crippen molar-refractivity contribution in [1.29, 1.82) is 0 Å². The van der Waals surface area contributed by atoms with E-state index in [2.05, 4.69) is 5.32 Å². The van der Waals surface area contributed by atoms with E-state index in [0.717, 1.165) is 10.9 Å². The number of hydrogen-bond acceptors (Lipinski definition) is 2. The summed E-state index contributed by atoms with van der Waals surface area (Å²) in [5.74, 6) is 0.430. The molecule has 0 radical (unpaired) electrons. The highest BCUT2D eigenvalue weighted by Gasteiger charge is 2.19. The van der Waals surface area contributed by atoms with E-state index in [-0.39, 0.29) is 17.5 Å². The zero-order valence-corrected chi connectivity index (χ0v) is 15.5. The van der Waals surface area contributed by atoms with E-state index in [9.17, 15) is 9.59 Å². The standard InChI is InChI=1S/C21H28N2O2/c1-14(2)23-19(20(24)22-13-16-7-5-4-6-8-16)12-17-10-9-15(3)11-18(17)21(23)25/h9-12,14,16H,4-8,13H2,1-3H3,(H,22,24). The lowest BCUT2D eigenvalue weighted by Gasteiger charge is -2.23. The van der Waals surface area contributed by atoms with Gasteiger partial charge in [-0.1, -0.05) is 37.0 Å². The van der Waals surface area contributed by atoms with E-state index < -0.39 is 0 Å². The van der Waals surface area contributed by atoms with Crippen LogP contribution in [0.2, 0.25) is 0 Å². The number of rotatable bonds is 4. The molecule has 1 aromatic carbocycles. The van der Waals surface area contributed by atoms with Crippen molar-refractivity contribution >= 4 is 16.7 Å². The van der Waals surface area contributed by atoms with Crippen molar-refractivity contribution in [2.75, 3.05) is 6.54 Å². The Balaban J connectivity index is 1.93. The molecule has 1 aliphatic rings. The molecule has 2 aromatic rings.